The van der Waals surface area contributed by atoms with E-state index in [1.165, 1.54) is 10.6 Å². The molecule has 0 fully saturated rings. The van der Waals surface area contributed by atoms with Crippen molar-refractivity contribution in [3.05, 3.63) is 83.4 Å². The van der Waals surface area contributed by atoms with Crippen molar-refractivity contribution in [3.63, 3.8) is 0 Å². The number of aryl methyl sites for hydroxylation is 1. The van der Waals surface area contributed by atoms with Gasteiger partial charge in [-0.15, -0.1) is 0 Å². The number of carbonyl (C=O) groups is 1. The summed E-state index contributed by atoms with van der Waals surface area (Å²) in [5, 5.41) is 2.78. The Labute approximate surface area is 199 Å². The van der Waals surface area contributed by atoms with Gasteiger partial charge in [0.25, 0.3) is 15.9 Å². The molecule has 0 spiro atoms. The summed E-state index contributed by atoms with van der Waals surface area (Å²) in [4.78, 5) is 12.9. The van der Waals surface area contributed by atoms with E-state index in [0.717, 1.165) is 11.1 Å². The molecule has 4 rings (SSSR count). The Morgan fingerprint density at radius 2 is 1.53 bits per heavy atom. The molecular formula is C24H25N3O5S2. The monoisotopic (exact) mass is 499 g/mol. The second-order valence-electron chi connectivity index (χ2n) is 8.41. The molecule has 34 heavy (non-hydrogen) atoms. The topological polar surface area (TPSA) is 113 Å². The van der Waals surface area contributed by atoms with Gasteiger partial charge in [-0.1, -0.05) is 17.7 Å². The molecule has 1 amide bonds. The average molecular weight is 500 g/mol. The fraction of sp³-hybridized carbons (Fsp3) is 0.208. The summed E-state index contributed by atoms with van der Waals surface area (Å²) >= 11 is 0. The lowest BCUT2D eigenvalue weighted by atomic mass is 10.1. The number of fused-ring (bicyclic) bond motifs is 1. The van der Waals surface area contributed by atoms with Gasteiger partial charge in [0.1, 0.15) is 0 Å². The summed E-state index contributed by atoms with van der Waals surface area (Å²) in [5.74, 6) is -0.346. The van der Waals surface area contributed by atoms with Gasteiger partial charge in [0.15, 0.2) is 0 Å². The van der Waals surface area contributed by atoms with Gasteiger partial charge in [-0.05, 0) is 80.4 Å². The van der Waals surface area contributed by atoms with Crippen LogP contribution >= 0.6 is 0 Å². The number of hydrogen-bond acceptors (Lipinski definition) is 5. The van der Waals surface area contributed by atoms with Gasteiger partial charge in [-0.3, -0.25) is 13.8 Å². The number of nitrogens with zero attached hydrogens (tertiary/aromatic N) is 1. The third-order valence-corrected chi connectivity index (χ3v) is 8.25. The molecule has 1 heterocycles. The van der Waals surface area contributed by atoms with Crippen molar-refractivity contribution >= 4 is 43.0 Å². The van der Waals surface area contributed by atoms with Gasteiger partial charge in [0.2, 0.25) is 10.0 Å². The van der Waals surface area contributed by atoms with Crippen molar-refractivity contribution < 1.29 is 21.6 Å². The lowest BCUT2D eigenvalue weighted by Gasteiger charge is -2.21. The van der Waals surface area contributed by atoms with E-state index in [4.69, 9.17) is 0 Å². The SMILES string of the molecule is Cc1ccc(S(=O)(=O)Nc2ccc(NC(=O)c3ccc4c(c3)CC(C)N4S(C)(=O)=O)cc2)cc1. The van der Waals surface area contributed by atoms with Crippen LogP contribution in [-0.4, -0.2) is 35.0 Å². The Balaban J connectivity index is 1.46. The number of anilines is 3. The maximum Gasteiger partial charge on any atom is 0.261 e. The molecule has 8 nitrogen and oxygen atoms in total. The Hall–Kier alpha value is -3.37. The highest BCUT2D eigenvalue weighted by Gasteiger charge is 2.32. The first-order chi connectivity index (χ1) is 15.9. The minimum absolute atomic E-state index is 0.163. The van der Waals surface area contributed by atoms with Crippen LogP contribution in [0.5, 0.6) is 0 Å². The Bertz CT molecular complexity index is 1450. The van der Waals surface area contributed by atoms with Crippen molar-refractivity contribution in [1.82, 2.24) is 0 Å². The highest BCUT2D eigenvalue weighted by Crippen LogP contribution is 2.34. The van der Waals surface area contributed by atoms with Gasteiger partial charge >= 0.3 is 0 Å². The lowest BCUT2D eigenvalue weighted by molar-refractivity contribution is 0.102. The molecule has 0 aliphatic carbocycles. The largest absolute Gasteiger partial charge is 0.322 e. The molecule has 3 aromatic carbocycles. The summed E-state index contributed by atoms with van der Waals surface area (Å²) in [6.45, 7) is 3.71. The van der Waals surface area contributed by atoms with Crippen molar-refractivity contribution in [2.45, 2.75) is 31.2 Å². The first-order valence-electron chi connectivity index (χ1n) is 10.6. The molecule has 10 heteroatoms. The fourth-order valence-corrected chi connectivity index (χ4v) is 6.33. The predicted octanol–water partition coefficient (Wildman–Crippen LogP) is 3.76. The average Bonchev–Trinajstić information content (AvgIpc) is 3.10. The van der Waals surface area contributed by atoms with Crippen LogP contribution in [0.1, 0.15) is 28.4 Å². The van der Waals surface area contributed by atoms with E-state index >= 15 is 0 Å². The smallest absolute Gasteiger partial charge is 0.261 e. The van der Waals surface area contributed by atoms with E-state index in [1.54, 1.807) is 66.7 Å². The highest BCUT2D eigenvalue weighted by atomic mass is 32.2. The molecule has 0 saturated heterocycles. The zero-order valence-electron chi connectivity index (χ0n) is 18.9. The van der Waals surface area contributed by atoms with Gasteiger partial charge < -0.3 is 5.32 Å². The van der Waals surface area contributed by atoms with E-state index in [-0.39, 0.29) is 16.8 Å². The zero-order chi connectivity index (χ0) is 24.7. The molecule has 178 valence electrons. The first-order valence-corrected chi connectivity index (χ1v) is 13.9. The van der Waals surface area contributed by atoms with E-state index in [0.29, 0.717) is 29.0 Å². The summed E-state index contributed by atoms with van der Waals surface area (Å²) in [7, 11) is -7.12. The molecule has 0 aromatic heterocycles. The maximum absolute atomic E-state index is 12.7. The summed E-state index contributed by atoms with van der Waals surface area (Å²) < 4.78 is 53.1. The number of hydrogen-bond donors (Lipinski definition) is 2. The van der Waals surface area contributed by atoms with E-state index in [2.05, 4.69) is 10.0 Å². The van der Waals surface area contributed by atoms with Crippen molar-refractivity contribution in [1.29, 1.82) is 0 Å². The van der Waals surface area contributed by atoms with Crippen molar-refractivity contribution in [2.75, 3.05) is 20.6 Å². The third kappa shape index (κ3) is 4.92. The number of rotatable bonds is 6. The van der Waals surface area contributed by atoms with Gasteiger partial charge in [-0.25, -0.2) is 16.8 Å². The van der Waals surface area contributed by atoms with Gasteiger partial charge in [-0.2, -0.15) is 0 Å². The van der Waals surface area contributed by atoms with Crippen LogP contribution in [0.3, 0.4) is 0 Å². The standard InChI is InChI=1S/C24H25N3O5S2/c1-16-4-11-22(12-5-16)34(31,32)26-21-9-7-20(8-10-21)25-24(28)18-6-13-23-19(15-18)14-17(2)27(23)33(3,29)30/h4-13,15,17,26H,14H2,1-3H3,(H,25,28). The number of nitrogens with one attached hydrogen (secondary N) is 2. The Kier molecular flexibility index (Phi) is 6.13. The van der Waals surface area contributed by atoms with Gasteiger partial charge in [0, 0.05) is 23.0 Å². The van der Waals surface area contributed by atoms with E-state index in [1.807, 2.05) is 13.8 Å². The first kappa shape index (κ1) is 23.8. The summed E-state index contributed by atoms with van der Waals surface area (Å²) in [5.41, 5.74) is 3.62. The molecule has 1 aliphatic rings. The second-order valence-corrected chi connectivity index (χ2v) is 11.9. The molecule has 0 saturated carbocycles. The van der Waals surface area contributed by atoms with Crippen LogP contribution in [-0.2, 0) is 26.5 Å². The normalized spacial score (nSPS) is 15.6. The van der Waals surface area contributed by atoms with Crippen molar-refractivity contribution in [3.8, 4) is 0 Å². The number of sulfonamides is 2. The van der Waals surface area contributed by atoms with E-state index in [9.17, 15) is 21.6 Å². The predicted molar refractivity (Wildman–Crippen MR) is 133 cm³/mol. The molecule has 3 aromatic rings. The molecule has 0 bridgehead atoms. The van der Waals surface area contributed by atoms with Crippen LogP contribution in [0, 0.1) is 6.92 Å². The Morgan fingerprint density at radius 1 is 0.912 bits per heavy atom. The van der Waals surface area contributed by atoms with Crippen LogP contribution in [0.2, 0.25) is 0 Å². The minimum atomic E-state index is -3.72. The van der Waals surface area contributed by atoms with Crippen LogP contribution in [0.4, 0.5) is 17.1 Å². The molecule has 1 aliphatic heterocycles. The van der Waals surface area contributed by atoms with E-state index < -0.39 is 20.0 Å². The van der Waals surface area contributed by atoms with Gasteiger partial charge in [0.05, 0.1) is 16.8 Å². The summed E-state index contributed by atoms with van der Waals surface area (Å²) in [6.07, 6.45) is 1.70. The fourth-order valence-electron chi connectivity index (χ4n) is 4.01. The van der Waals surface area contributed by atoms with Crippen LogP contribution in [0.25, 0.3) is 0 Å². The van der Waals surface area contributed by atoms with Crippen LogP contribution in [0.15, 0.2) is 71.6 Å². The molecular weight excluding hydrogens is 474 g/mol. The molecule has 0 radical (unpaired) electrons. The third-order valence-electron chi connectivity index (χ3n) is 5.58. The summed E-state index contributed by atoms with van der Waals surface area (Å²) in [6, 6.07) is 17.6. The molecule has 2 N–H and O–H groups in total. The number of amides is 1. The maximum atomic E-state index is 12.7. The van der Waals surface area contributed by atoms with Crippen molar-refractivity contribution in [2.24, 2.45) is 0 Å². The van der Waals surface area contributed by atoms with Crippen LogP contribution < -0.4 is 14.3 Å². The lowest BCUT2D eigenvalue weighted by Crippen LogP contribution is -2.34. The number of benzene rings is 3. The highest BCUT2D eigenvalue weighted by molar-refractivity contribution is 7.92. The quantitative estimate of drug-likeness (QED) is 0.536. The molecule has 1 unspecified atom stereocenters. The minimum Gasteiger partial charge on any atom is -0.322 e. The zero-order valence-corrected chi connectivity index (χ0v) is 20.6. The second kappa shape index (κ2) is 8.77. The molecule has 1 atom stereocenters. The Morgan fingerprint density at radius 3 is 2.15 bits per heavy atom. The number of carbonyl (C=O) groups excluding carboxylic acids is 1.